The van der Waals surface area contributed by atoms with Crippen LogP contribution in [0.5, 0.6) is 0 Å². The van der Waals surface area contributed by atoms with E-state index < -0.39 is 21.7 Å². The van der Waals surface area contributed by atoms with Gasteiger partial charge in [-0.05, 0) is 5.56 Å². The van der Waals surface area contributed by atoms with E-state index in [1.54, 1.807) is 64.0 Å². The lowest BCUT2D eigenvalue weighted by Crippen LogP contribution is -2.48. The molecule has 0 amide bonds. The van der Waals surface area contributed by atoms with Gasteiger partial charge in [0.15, 0.2) is 0 Å². The lowest BCUT2D eigenvalue weighted by molar-refractivity contribution is -0.161. The number of ether oxygens (including phenoxy) is 14. The Hall–Kier alpha value is -1.34. The zero-order chi connectivity index (χ0) is 38.4. The summed E-state index contributed by atoms with van der Waals surface area (Å²) in [6.45, 7) is 6.52. The van der Waals surface area contributed by atoms with E-state index in [4.69, 9.17) is 66.3 Å². The SMILES string of the molecule is COCC(COC)(COC)COCC(COCCOCc1ccccc1)(COCC(COC)(COC)COC)COCC(COC)(COC)COC. The zero-order valence-corrected chi connectivity index (χ0v) is 33.5. The summed E-state index contributed by atoms with van der Waals surface area (Å²) in [6.07, 6.45) is 0. The normalized spacial score (nSPS) is 12.9. The summed E-state index contributed by atoms with van der Waals surface area (Å²) >= 11 is 0. The predicted molar refractivity (Wildman–Crippen MR) is 196 cm³/mol. The van der Waals surface area contributed by atoms with Crippen molar-refractivity contribution >= 4 is 0 Å². The van der Waals surface area contributed by atoms with Gasteiger partial charge >= 0.3 is 0 Å². The van der Waals surface area contributed by atoms with Crippen molar-refractivity contribution in [3.8, 4) is 0 Å². The van der Waals surface area contributed by atoms with Gasteiger partial charge in [0, 0.05) is 64.0 Å². The molecular formula is C38H70O14. The van der Waals surface area contributed by atoms with Crippen LogP contribution in [-0.2, 0) is 72.9 Å². The molecule has 1 rings (SSSR count). The first-order valence-corrected chi connectivity index (χ1v) is 17.6. The van der Waals surface area contributed by atoms with Gasteiger partial charge in [0.2, 0.25) is 0 Å². The fraction of sp³-hybridized carbons (Fsp3) is 0.842. The lowest BCUT2D eigenvalue weighted by atomic mass is 9.89. The highest BCUT2D eigenvalue weighted by atomic mass is 16.6. The van der Waals surface area contributed by atoms with Crippen molar-refractivity contribution in [1.29, 1.82) is 0 Å². The van der Waals surface area contributed by atoms with E-state index in [2.05, 4.69) is 0 Å². The van der Waals surface area contributed by atoms with Crippen LogP contribution in [0.4, 0.5) is 0 Å². The third-order valence-corrected chi connectivity index (χ3v) is 8.40. The van der Waals surface area contributed by atoms with E-state index in [0.29, 0.717) is 99.1 Å². The Bertz CT molecular complexity index is 823. The maximum absolute atomic E-state index is 6.55. The van der Waals surface area contributed by atoms with Crippen LogP contribution >= 0.6 is 0 Å². The average Bonchev–Trinajstić information content (AvgIpc) is 3.11. The fourth-order valence-corrected chi connectivity index (χ4v) is 6.38. The van der Waals surface area contributed by atoms with E-state index in [1.165, 1.54) is 0 Å². The molecule has 0 unspecified atom stereocenters. The molecule has 0 aromatic heterocycles. The van der Waals surface area contributed by atoms with Crippen LogP contribution in [0.15, 0.2) is 30.3 Å². The van der Waals surface area contributed by atoms with E-state index in [-0.39, 0.29) is 26.4 Å². The summed E-state index contributed by atoms with van der Waals surface area (Å²) in [5.41, 5.74) is -1.28. The monoisotopic (exact) mass is 750 g/mol. The summed E-state index contributed by atoms with van der Waals surface area (Å²) in [7, 11) is 14.9. The molecule has 52 heavy (non-hydrogen) atoms. The molecule has 1 aromatic carbocycles. The van der Waals surface area contributed by atoms with Crippen molar-refractivity contribution in [2.24, 2.45) is 21.7 Å². The topological polar surface area (TPSA) is 129 Å². The molecule has 0 aliphatic rings. The number of methoxy groups -OCH3 is 9. The first-order valence-electron chi connectivity index (χ1n) is 17.6. The second-order valence-electron chi connectivity index (χ2n) is 14.0. The standard InChI is InChI=1S/C38H70O14/c1-39-18-35(19-40-2,20-41-3)28-50-31-38(27-49-16-15-48-17-34-13-11-10-12-14-34,32-51-29-36(21-42-4,22-43-5)23-44-6)33-52-30-37(24-45-7,25-46-8)26-47-9/h10-14H,15-33H2,1-9H3. The first-order chi connectivity index (χ1) is 25.2. The highest BCUT2D eigenvalue weighted by molar-refractivity contribution is 5.13. The van der Waals surface area contributed by atoms with Crippen molar-refractivity contribution in [1.82, 2.24) is 0 Å². The number of rotatable bonds is 37. The molecule has 0 aliphatic heterocycles. The Morgan fingerprint density at radius 3 is 0.846 bits per heavy atom. The summed E-state index contributed by atoms with van der Waals surface area (Å²) < 4.78 is 82.0. The van der Waals surface area contributed by atoms with Crippen LogP contribution in [0.25, 0.3) is 0 Å². The van der Waals surface area contributed by atoms with E-state index in [1.807, 2.05) is 30.3 Å². The largest absolute Gasteiger partial charge is 0.384 e. The lowest BCUT2D eigenvalue weighted by Gasteiger charge is -2.39. The van der Waals surface area contributed by atoms with Gasteiger partial charge < -0.3 is 66.3 Å². The van der Waals surface area contributed by atoms with Gasteiger partial charge in [0.1, 0.15) is 0 Å². The van der Waals surface area contributed by atoms with Crippen LogP contribution in [0, 0.1) is 21.7 Å². The van der Waals surface area contributed by atoms with E-state index >= 15 is 0 Å². The average molecular weight is 751 g/mol. The molecule has 0 spiro atoms. The van der Waals surface area contributed by atoms with Crippen LogP contribution in [0.1, 0.15) is 5.56 Å². The minimum Gasteiger partial charge on any atom is -0.384 e. The highest BCUT2D eigenvalue weighted by Gasteiger charge is 2.40. The van der Waals surface area contributed by atoms with Gasteiger partial charge in [-0.25, -0.2) is 0 Å². The molecule has 0 aliphatic carbocycles. The molecule has 14 nitrogen and oxygen atoms in total. The van der Waals surface area contributed by atoms with Gasteiger partial charge in [-0.1, -0.05) is 30.3 Å². The molecule has 0 radical (unpaired) electrons. The molecule has 0 bridgehead atoms. The molecule has 14 heteroatoms. The predicted octanol–water partition coefficient (Wildman–Crippen LogP) is 3.03. The zero-order valence-electron chi connectivity index (χ0n) is 33.5. The van der Waals surface area contributed by atoms with Gasteiger partial charge in [-0.15, -0.1) is 0 Å². The minimum atomic E-state index is -0.768. The summed E-state index contributed by atoms with van der Waals surface area (Å²) in [5.74, 6) is 0. The Balaban J connectivity index is 3.37. The molecule has 0 fully saturated rings. The second-order valence-corrected chi connectivity index (χ2v) is 14.0. The number of benzene rings is 1. The Kier molecular flexibility index (Phi) is 27.2. The van der Waals surface area contributed by atoms with Crippen LogP contribution < -0.4 is 0 Å². The molecule has 0 heterocycles. The van der Waals surface area contributed by atoms with Crippen molar-refractivity contribution in [3.05, 3.63) is 35.9 Å². The van der Waals surface area contributed by atoms with Crippen molar-refractivity contribution in [3.63, 3.8) is 0 Å². The molecule has 0 N–H and O–H groups in total. The van der Waals surface area contributed by atoms with Crippen LogP contribution in [0.3, 0.4) is 0 Å². The van der Waals surface area contributed by atoms with E-state index in [0.717, 1.165) is 5.56 Å². The summed E-state index contributed by atoms with van der Waals surface area (Å²) in [5, 5.41) is 0. The smallest absolute Gasteiger partial charge is 0.0718 e. The second kappa shape index (κ2) is 29.0. The Morgan fingerprint density at radius 1 is 0.308 bits per heavy atom. The number of hydrogen-bond acceptors (Lipinski definition) is 14. The maximum Gasteiger partial charge on any atom is 0.0718 e. The maximum atomic E-state index is 6.55. The third-order valence-electron chi connectivity index (χ3n) is 8.40. The Labute approximate surface area is 313 Å². The van der Waals surface area contributed by atoms with Gasteiger partial charge in [0.25, 0.3) is 0 Å². The molecule has 306 valence electrons. The molecule has 0 saturated carbocycles. The fourth-order valence-electron chi connectivity index (χ4n) is 6.38. The van der Waals surface area contributed by atoms with Crippen molar-refractivity contribution in [2.45, 2.75) is 6.61 Å². The quantitative estimate of drug-likeness (QED) is 0.0925. The van der Waals surface area contributed by atoms with Gasteiger partial charge in [-0.3, -0.25) is 0 Å². The van der Waals surface area contributed by atoms with Crippen molar-refractivity contribution < 1.29 is 66.3 Å². The molecule has 1 aromatic rings. The van der Waals surface area contributed by atoms with Crippen molar-refractivity contribution in [2.75, 3.05) is 183 Å². The minimum absolute atomic E-state index is 0.231. The molecule has 0 saturated heterocycles. The summed E-state index contributed by atoms with van der Waals surface area (Å²) in [6, 6.07) is 10.0. The van der Waals surface area contributed by atoms with Gasteiger partial charge in [-0.2, -0.15) is 0 Å². The number of hydrogen-bond donors (Lipinski definition) is 0. The third kappa shape index (κ3) is 18.8. The summed E-state index contributed by atoms with van der Waals surface area (Å²) in [4.78, 5) is 0. The first kappa shape index (κ1) is 48.7. The van der Waals surface area contributed by atoms with Crippen LogP contribution in [-0.4, -0.2) is 183 Å². The highest BCUT2D eigenvalue weighted by Crippen LogP contribution is 2.28. The van der Waals surface area contributed by atoms with Crippen LogP contribution in [0.2, 0.25) is 0 Å². The van der Waals surface area contributed by atoms with E-state index in [9.17, 15) is 0 Å². The Morgan fingerprint density at radius 2 is 0.558 bits per heavy atom. The molecular weight excluding hydrogens is 680 g/mol. The van der Waals surface area contributed by atoms with Gasteiger partial charge in [0.05, 0.1) is 147 Å². The molecule has 0 atom stereocenters.